The van der Waals surface area contributed by atoms with Gasteiger partial charge in [0.15, 0.2) is 0 Å². The van der Waals surface area contributed by atoms with Crippen LogP contribution < -0.4 is 10.6 Å². The fourth-order valence-electron chi connectivity index (χ4n) is 3.31. The third kappa shape index (κ3) is 4.90. The molecular weight excluding hydrogens is 284 g/mol. The van der Waals surface area contributed by atoms with Crippen LogP contribution in [0, 0.1) is 0 Å². The Balaban J connectivity index is 1.66. The first kappa shape index (κ1) is 16.2. The molecule has 2 aromatic rings. The Hall–Kier alpha value is -1.68. The third-order valence-electron chi connectivity index (χ3n) is 4.61. The fourth-order valence-corrected chi connectivity index (χ4v) is 3.31. The van der Waals surface area contributed by atoms with Crippen LogP contribution in [-0.4, -0.2) is 29.8 Å². The highest BCUT2D eigenvalue weighted by Crippen LogP contribution is 2.16. The molecule has 0 radical (unpaired) electrons. The van der Waals surface area contributed by atoms with Crippen LogP contribution in [0.15, 0.2) is 60.7 Å². The second kappa shape index (κ2) is 8.25. The molecule has 3 N–H and O–H groups in total. The van der Waals surface area contributed by atoms with Crippen molar-refractivity contribution >= 4 is 0 Å². The van der Waals surface area contributed by atoms with Gasteiger partial charge in [-0.2, -0.15) is 0 Å². The molecule has 1 heterocycles. The summed E-state index contributed by atoms with van der Waals surface area (Å²) in [4.78, 5) is 0. The van der Waals surface area contributed by atoms with Crippen molar-refractivity contribution in [3.63, 3.8) is 0 Å². The van der Waals surface area contributed by atoms with Crippen molar-refractivity contribution in [1.29, 1.82) is 0 Å². The minimum Gasteiger partial charge on any atom is -0.393 e. The Labute approximate surface area is 138 Å². The zero-order chi connectivity index (χ0) is 15.9. The number of nitrogens with one attached hydrogen (secondary N) is 2. The van der Waals surface area contributed by atoms with Gasteiger partial charge in [-0.1, -0.05) is 60.7 Å². The predicted octanol–water partition coefficient (Wildman–Crippen LogP) is 2.50. The molecule has 0 spiro atoms. The molecule has 0 aliphatic carbocycles. The molecule has 3 unspecified atom stereocenters. The van der Waals surface area contributed by atoms with Gasteiger partial charge in [0, 0.05) is 18.6 Å². The zero-order valence-corrected chi connectivity index (χ0v) is 13.5. The summed E-state index contributed by atoms with van der Waals surface area (Å²) in [6, 6.07) is 21.7. The van der Waals surface area contributed by atoms with Crippen LogP contribution in [0.1, 0.15) is 24.0 Å². The van der Waals surface area contributed by atoms with Gasteiger partial charge < -0.3 is 15.7 Å². The van der Waals surface area contributed by atoms with Crippen molar-refractivity contribution in [2.24, 2.45) is 0 Å². The van der Waals surface area contributed by atoms with Crippen LogP contribution in [-0.2, 0) is 13.0 Å². The van der Waals surface area contributed by atoms with E-state index in [2.05, 4.69) is 65.2 Å². The van der Waals surface area contributed by atoms with Crippen LogP contribution in [0.3, 0.4) is 0 Å². The molecule has 1 fully saturated rings. The highest BCUT2D eigenvalue weighted by molar-refractivity contribution is 5.17. The standard InChI is InChI=1S/C20H26N2O/c23-18-11-12-21-19(13-16-7-3-1-4-8-16)20(14-18)22-15-17-9-5-2-6-10-17/h1-10,18-23H,11-15H2. The van der Waals surface area contributed by atoms with Crippen molar-refractivity contribution in [3.05, 3.63) is 71.8 Å². The Morgan fingerprint density at radius 1 is 0.957 bits per heavy atom. The molecule has 0 aromatic heterocycles. The lowest BCUT2D eigenvalue weighted by atomic mass is 9.96. The second-order valence-electron chi connectivity index (χ2n) is 6.40. The smallest absolute Gasteiger partial charge is 0.0567 e. The average Bonchev–Trinajstić information content (AvgIpc) is 2.76. The van der Waals surface area contributed by atoms with E-state index in [4.69, 9.17) is 0 Å². The quantitative estimate of drug-likeness (QED) is 0.795. The van der Waals surface area contributed by atoms with Crippen LogP contribution in [0.2, 0.25) is 0 Å². The molecule has 0 saturated carbocycles. The minimum atomic E-state index is -0.225. The number of benzene rings is 2. The van der Waals surface area contributed by atoms with Gasteiger partial charge in [-0.15, -0.1) is 0 Å². The first-order valence-electron chi connectivity index (χ1n) is 8.54. The lowest BCUT2D eigenvalue weighted by Gasteiger charge is -2.28. The topological polar surface area (TPSA) is 44.3 Å². The number of hydrogen-bond acceptors (Lipinski definition) is 3. The molecule has 3 heteroatoms. The monoisotopic (exact) mass is 310 g/mol. The van der Waals surface area contributed by atoms with E-state index in [-0.39, 0.29) is 12.1 Å². The number of hydrogen-bond donors (Lipinski definition) is 3. The van der Waals surface area contributed by atoms with Crippen molar-refractivity contribution in [1.82, 2.24) is 10.6 Å². The molecule has 1 aliphatic rings. The normalized spacial score (nSPS) is 25.0. The van der Waals surface area contributed by atoms with Crippen molar-refractivity contribution in [3.8, 4) is 0 Å². The Kier molecular flexibility index (Phi) is 5.81. The Bertz CT molecular complexity index is 573. The largest absolute Gasteiger partial charge is 0.393 e. The first-order chi connectivity index (χ1) is 11.3. The molecule has 3 atom stereocenters. The number of rotatable bonds is 5. The lowest BCUT2D eigenvalue weighted by molar-refractivity contribution is 0.148. The van der Waals surface area contributed by atoms with Crippen LogP contribution in [0.4, 0.5) is 0 Å². The Morgan fingerprint density at radius 2 is 1.61 bits per heavy atom. The van der Waals surface area contributed by atoms with Crippen molar-refractivity contribution in [2.75, 3.05) is 6.54 Å². The van der Waals surface area contributed by atoms with Gasteiger partial charge in [0.1, 0.15) is 0 Å². The molecule has 3 nitrogen and oxygen atoms in total. The number of aliphatic hydroxyl groups excluding tert-OH is 1. The second-order valence-corrected chi connectivity index (χ2v) is 6.40. The molecule has 1 saturated heterocycles. The molecule has 0 bridgehead atoms. The van der Waals surface area contributed by atoms with Gasteiger partial charge >= 0.3 is 0 Å². The van der Waals surface area contributed by atoms with Crippen molar-refractivity contribution in [2.45, 2.75) is 44.0 Å². The van der Waals surface area contributed by atoms with Gasteiger partial charge in [-0.3, -0.25) is 0 Å². The van der Waals surface area contributed by atoms with Gasteiger partial charge in [0.05, 0.1) is 6.10 Å². The summed E-state index contributed by atoms with van der Waals surface area (Å²) >= 11 is 0. The summed E-state index contributed by atoms with van der Waals surface area (Å²) in [6.07, 6.45) is 2.39. The van der Waals surface area contributed by atoms with E-state index in [0.29, 0.717) is 6.04 Å². The molecule has 0 amide bonds. The molecule has 23 heavy (non-hydrogen) atoms. The lowest BCUT2D eigenvalue weighted by Crippen LogP contribution is -2.48. The zero-order valence-electron chi connectivity index (χ0n) is 13.5. The van der Waals surface area contributed by atoms with Crippen LogP contribution in [0.25, 0.3) is 0 Å². The molecular formula is C20H26N2O. The first-order valence-corrected chi connectivity index (χ1v) is 8.54. The number of aliphatic hydroxyl groups is 1. The van der Waals surface area contributed by atoms with Gasteiger partial charge in [-0.05, 0) is 36.9 Å². The maximum Gasteiger partial charge on any atom is 0.0567 e. The van der Waals surface area contributed by atoms with E-state index in [9.17, 15) is 5.11 Å². The van der Waals surface area contributed by atoms with E-state index in [1.54, 1.807) is 0 Å². The summed E-state index contributed by atoms with van der Waals surface area (Å²) in [5.41, 5.74) is 2.62. The summed E-state index contributed by atoms with van der Waals surface area (Å²) in [7, 11) is 0. The molecule has 2 aromatic carbocycles. The van der Waals surface area contributed by atoms with Gasteiger partial charge in [0.2, 0.25) is 0 Å². The summed E-state index contributed by atoms with van der Waals surface area (Å²) < 4.78 is 0. The summed E-state index contributed by atoms with van der Waals surface area (Å²) in [6.45, 7) is 1.72. The van der Waals surface area contributed by atoms with E-state index in [0.717, 1.165) is 32.4 Å². The summed E-state index contributed by atoms with van der Waals surface area (Å²) in [5, 5.41) is 17.4. The average molecular weight is 310 g/mol. The highest BCUT2D eigenvalue weighted by Gasteiger charge is 2.26. The van der Waals surface area contributed by atoms with E-state index < -0.39 is 0 Å². The maximum atomic E-state index is 10.2. The van der Waals surface area contributed by atoms with Crippen molar-refractivity contribution < 1.29 is 5.11 Å². The van der Waals surface area contributed by atoms with Gasteiger partial charge in [0.25, 0.3) is 0 Å². The molecule has 122 valence electrons. The predicted molar refractivity (Wildman–Crippen MR) is 94.2 cm³/mol. The van der Waals surface area contributed by atoms with Crippen LogP contribution >= 0.6 is 0 Å². The third-order valence-corrected chi connectivity index (χ3v) is 4.61. The summed E-state index contributed by atoms with van der Waals surface area (Å²) in [5.74, 6) is 0. The van der Waals surface area contributed by atoms with E-state index in [1.165, 1.54) is 11.1 Å². The molecule has 1 aliphatic heterocycles. The van der Waals surface area contributed by atoms with E-state index >= 15 is 0 Å². The van der Waals surface area contributed by atoms with Gasteiger partial charge in [-0.25, -0.2) is 0 Å². The van der Waals surface area contributed by atoms with Crippen LogP contribution in [0.5, 0.6) is 0 Å². The Morgan fingerprint density at radius 3 is 2.30 bits per heavy atom. The SMILES string of the molecule is OC1CCNC(Cc2ccccc2)C(NCc2ccccc2)C1. The highest BCUT2D eigenvalue weighted by atomic mass is 16.3. The fraction of sp³-hybridized carbons (Fsp3) is 0.400. The molecule has 3 rings (SSSR count). The maximum absolute atomic E-state index is 10.2. The van der Waals surface area contributed by atoms with E-state index in [1.807, 2.05) is 6.07 Å². The minimum absolute atomic E-state index is 0.225.